The van der Waals surface area contributed by atoms with Crippen molar-refractivity contribution in [3.63, 3.8) is 0 Å². The number of hydrogen-bond acceptors (Lipinski definition) is 12. The van der Waals surface area contributed by atoms with Gasteiger partial charge >= 0.3 is 29.8 Å². The molecule has 2 aromatic carbocycles. The lowest BCUT2D eigenvalue weighted by atomic mass is 9.47. The molecule has 12 nitrogen and oxygen atoms in total. The Kier molecular flexibility index (Phi) is 10.8. The molecule has 1 aliphatic heterocycles. The summed E-state index contributed by atoms with van der Waals surface area (Å²) in [5, 5.41) is 12.4. The minimum atomic E-state index is -1.85. The average molecular weight is 707 g/mol. The van der Waals surface area contributed by atoms with Crippen molar-refractivity contribution in [3.05, 3.63) is 77.9 Å². The summed E-state index contributed by atoms with van der Waals surface area (Å²) in [6.45, 7) is 7.88. The van der Waals surface area contributed by atoms with Crippen molar-refractivity contribution in [3.8, 4) is 0 Å². The second kappa shape index (κ2) is 14.6. The molecule has 12 heteroatoms. The fraction of sp³-hybridized carbons (Fsp3) is 0.513. The fourth-order valence-electron chi connectivity index (χ4n) is 8.40. The Balaban J connectivity index is 1.67. The zero-order valence-electron chi connectivity index (χ0n) is 29.8. The van der Waals surface area contributed by atoms with Crippen LogP contribution >= 0.6 is 0 Å². The number of aliphatic hydroxyl groups is 1. The second-order valence-corrected chi connectivity index (χ2v) is 14.3. The summed E-state index contributed by atoms with van der Waals surface area (Å²) < 4.78 is 36.4. The third kappa shape index (κ3) is 7.03. The second-order valence-electron chi connectivity index (χ2n) is 14.3. The predicted octanol–water partition coefficient (Wildman–Crippen LogP) is 4.75. The van der Waals surface area contributed by atoms with Crippen LogP contribution < -0.4 is 0 Å². The van der Waals surface area contributed by atoms with Crippen LogP contribution in [0, 0.1) is 11.3 Å². The number of rotatable bonds is 11. The number of methoxy groups -OCH3 is 1. The van der Waals surface area contributed by atoms with E-state index in [2.05, 4.69) is 0 Å². The van der Waals surface area contributed by atoms with Gasteiger partial charge in [-0.05, 0) is 70.7 Å². The quantitative estimate of drug-likeness (QED) is 0.194. The van der Waals surface area contributed by atoms with Crippen molar-refractivity contribution in [2.75, 3.05) is 7.11 Å². The molecule has 1 N–H and O–H groups in total. The van der Waals surface area contributed by atoms with E-state index >= 15 is 0 Å². The summed E-state index contributed by atoms with van der Waals surface area (Å²) in [4.78, 5) is 65.6. The maximum absolute atomic E-state index is 13.9. The number of esters is 5. The van der Waals surface area contributed by atoms with E-state index < -0.39 is 82.4 Å². The van der Waals surface area contributed by atoms with Crippen molar-refractivity contribution >= 4 is 35.9 Å². The number of hydrogen-bond donors (Lipinski definition) is 1. The third-order valence-corrected chi connectivity index (χ3v) is 10.6. The molecule has 3 aliphatic rings. The number of fused-ring (bicyclic) bond motifs is 1. The molecule has 0 amide bonds. The van der Waals surface area contributed by atoms with Crippen molar-refractivity contribution in [2.24, 2.45) is 11.3 Å². The molecule has 0 radical (unpaired) electrons. The smallest absolute Gasteiger partial charge is 0.338 e. The normalized spacial score (nSPS) is 31.9. The van der Waals surface area contributed by atoms with E-state index in [4.69, 9.17) is 28.4 Å². The zero-order chi connectivity index (χ0) is 37.2. The fourth-order valence-corrected chi connectivity index (χ4v) is 8.40. The molecule has 2 saturated carbocycles. The summed E-state index contributed by atoms with van der Waals surface area (Å²) in [6.07, 6.45) is -2.13. The van der Waals surface area contributed by atoms with Gasteiger partial charge in [-0.1, -0.05) is 48.5 Å². The largest absolute Gasteiger partial charge is 0.469 e. The van der Waals surface area contributed by atoms with Crippen LogP contribution in [0.15, 0.2) is 66.7 Å². The molecule has 0 unspecified atom stereocenters. The van der Waals surface area contributed by atoms with E-state index in [0.29, 0.717) is 0 Å². The lowest BCUT2D eigenvalue weighted by Crippen LogP contribution is -2.81. The molecular weight excluding hydrogens is 660 g/mol. The number of benzene rings is 2. The number of carbonyl (C=O) groups excluding carboxylic acids is 5. The molecule has 2 aromatic rings. The molecule has 5 rings (SSSR count). The van der Waals surface area contributed by atoms with E-state index in [0.717, 1.165) is 5.56 Å². The highest BCUT2D eigenvalue weighted by molar-refractivity contribution is 5.90. The van der Waals surface area contributed by atoms with Crippen LogP contribution in [0.1, 0.15) is 82.6 Å². The SMILES string of the molecule is COC(=O)CCCC(=O)O[C@@H]1[C@H]2[C@H](OC(=O)/C=C/c3ccccc3)[C@H](OC(=O)c3ccccc3)[C@]3(C)[C@@H](OC(C)=O)CC[C@](C)(O)[C@@]13OC2(C)C. The number of carbonyl (C=O) groups is 5. The lowest BCUT2D eigenvalue weighted by molar-refractivity contribution is -0.336. The van der Waals surface area contributed by atoms with Crippen LogP contribution in [0.2, 0.25) is 0 Å². The highest BCUT2D eigenvalue weighted by atomic mass is 16.6. The molecule has 1 heterocycles. The molecule has 1 saturated heterocycles. The Labute approximate surface area is 297 Å². The summed E-state index contributed by atoms with van der Waals surface area (Å²) in [6, 6.07) is 17.3. The van der Waals surface area contributed by atoms with Crippen LogP contribution in [0.3, 0.4) is 0 Å². The Hall–Kier alpha value is -4.55. The highest BCUT2D eigenvalue weighted by Crippen LogP contribution is 2.69. The first kappa shape index (κ1) is 37.7. The summed E-state index contributed by atoms with van der Waals surface area (Å²) in [7, 11) is 1.25. The first-order valence-corrected chi connectivity index (χ1v) is 17.1. The van der Waals surface area contributed by atoms with E-state index in [1.54, 1.807) is 64.1 Å². The third-order valence-electron chi connectivity index (χ3n) is 10.6. The van der Waals surface area contributed by atoms with Gasteiger partial charge in [0.25, 0.3) is 0 Å². The van der Waals surface area contributed by atoms with Crippen LogP contribution in [-0.4, -0.2) is 83.3 Å². The van der Waals surface area contributed by atoms with Gasteiger partial charge in [-0.2, -0.15) is 0 Å². The molecule has 0 aromatic heterocycles. The van der Waals surface area contributed by atoms with E-state index in [1.165, 1.54) is 20.1 Å². The van der Waals surface area contributed by atoms with E-state index in [1.807, 2.05) is 30.3 Å². The lowest BCUT2D eigenvalue weighted by Gasteiger charge is -2.65. The molecule has 51 heavy (non-hydrogen) atoms. The van der Waals surface area contributed by atoms with Crippen LogP contribution in [0.4, 0.5) is 0 Å². The van der Waals surface area contributed by atoms with Crippen molar-refractivity contribution in [1.29, 1.82) is 0 Å². The van der Waals surface area contributed by atoms with Gasteiger partial charge in [0.05, 0.1) is 35.2 Å². The first-order valence-electron chi connectivity index (χ1n) is 17.1. The Morgan fingerprint density at radius 1 is 0.843 bits per heavy atom. The molecule has 8 atom stereocenters. The first-order chi connectivity index (χ1) is 24.1. The van der Waals surface area contributed by atoms with Gasteiger partial charge in [0.15, 0.2) is 6.10 Å². The van der Waals surface area contributed by atoms with Crippen molar-refractivity contribution in [1.82, 2.24) is 0 Å². The molecule has 3 fully saturated rings. The molecule has 2 aliphatic carbocycles. The maximum atomic E-state index is 13.9. The zero-order valence-corrected chi connectivity index (χ0v) is 29.8. The van der Waals surface area contributed by atoms with E-state index in [-0.39, 0.29) is 37.7 Å². The summed E-state index contributed by atoms with van der Waals surface area (Å²) >= 11 is 0. The van der Waals surface area contributed by atoms with Crippen LogP contribution in [0.25, 0.3) is 6.08 Å². The minimum absolute atomic E-state index is 0.0255. The molecular formula is C39H46O12. The molecule has 1 spiro atoms. The Bertz CT molecular complexity index is 1650. The van der Waals surface area contributed by atoms with Crippen LogP contribution in [0.5, 0.6) is 0 Å². The minimum Gasteiger partial charge on any atom is -0.469 e. The standard InChI is InChI=1S/C39H46O12/c1-24(40)47-27-22-23-37(4,45)39-33(49-29(42)19-13-18-28(41)46-6)31(36(2,3)51-39)32(48-30(43)21-20-25-14-9-7-10-15-25)34(38(27,39)5)50-35(44)26-16-11-8-12-17-26/h7-12,14-17,20-21,27,31-34,45H,13,18-19,22-23H2,1-6H3/b21-20+/t27-,31+,32-,33+,34-,37-,38-,39-/m0/s1. The van der Waals surface area contributed by atoms with Crippen LogP contribution in [-0.2, 0) is 47.6 Å². The maximum Gasteiger partial charge on any atom is 0.338 e. The molecule has 274 valence electrons. The highest BCUT2D eigenvalue weighted by Gasteiger charge is 2.85. The van der Waals surface area contributed by atoms with Gasteiger partial charge in [0, 0.05) is 25.8 Å². The summed E-state index contributed by atoms with van der Waals surface area (Å²) in [5.74, 6) is -4.36. The topological polar surface area (TPSA) is 161 Å². The summed E-state index contributed by atoms with van der Waals surface area (Å²) in [5.41, 5.74) is -5.60. The van der Waals surface area contributed by atoms with Gasteiger partial charge in [-0.25, -0.2) is 9.59 Å². The van der Waals surface area contributed by atoms with Crippen molar-refractivity contribution < 1.29 is 57.5 Å². The monoisotopic (exact) mass is 706 g/mol. The van der Waals surface area contributed by atoms with E-state index in [9.17, 15) is 29.1 Å². The Morgan fingerprint density at radius 2 is 1.47 bits per heavy atom. The van der Waals surface area contributed by atoms with Gasteiger partial charge in [0.2, 0.25) is 0 Å². The Morgan fingerprint density at radius 3 is 2.10 bits per heavy atom. The average Bonchev–Trinajstić information content (AvgIpc) is 3.30. The van der Waals surface area contributed by atoms with Gasteiger partial charge in [-0.3, -0.25) is 14.4 Å². The van der Waals surface area contributed by atoms with Gasteiger partial charge < -0.3 is 33.5 Å². The van der Waals surface area contributed by atoms with Gasteiger partial charge in [0.1, 0.15) is 23.9 Å². The van der Waals surface area contributed by atoms with Crippen molar-refractivity contribution in [2.45, 2.75) is 108 Å². The number of ether oxygens (including phenoxy) is 6. The van der Waals surface area contributed by atoms with Gasteiger partial charge in [-0.15, -0.1) is 0 Å². The molecule has 2 bridgehead atoms. The predicted molar refractivity (Wildman–Crippen MR) is 182 cm³/mol.